The molecule has 3 rings (SSSR count). The third-order valence-electron chi connectivity index (χ3n) is 3.89. The first kappa shape index (κ1) is 13.8. The number of benzene rings is 1. The van der Waals surface area contributed by atoms with Gasteiger partial charge in [0.05, 0.1) is 28.5 Å². The van der Waals surface area contributed by atoms with Gasteiger partial charge in [-0.05, 0) is 32.0 Å². The van der Waals surface area contributed by atoms with Crippen LogP contribution in [0.2, 0.25) is 0 Å². The van der Waals surface area contributed by atoms with E-state index in [0.29, 0.717) is 6.42 Å². The minimum Gasteiger partial charge on any atom is -0.331 e. The Morgan fingerprint density at radius 1 is 1.29 bits per heavy atom. The molecule has 5 heteroatoms. The van der Waals surface area contributed by atoms with Gasteiger partial charge in [-0.3, -0.25) is 4.68 Å². The van der Waals surface area contributed by atoms with Crippen LogP contribution in [0.4, 0.5) is 0 Å². The molecule has 0 aliphatic rings. The van der Waals surface area contributed by atoms with Crippen LogP contribution in [0.1, 0.15) is 30.2 Å². The average molecular weight is 283 g/mol. The number of para-hydroxylation sites is 2. The van der Waals surface area contributed by atoms with Crippen molar-refractivity contribution in [3.8, 4) is 0 Å². The molecular formula is C16H21N5. The Labute approximate surface area is 124 Å². The fraction of sp³-hybridized carbons (Fsp3) is 0.375. The number of fused-ring (bicyclic) bond motifs is 1. The first-order valence-electron chi connectivity index (χ1n) is 7.30. The summed E-state index contributed by atoms with van der Waals surface area (Å²) >= 11 is 0. The lowest BCUT2D eigenvalue weighted by Gasteiger charge is -2.13. The average Bonchev–Trinajstić information content (AvgIpc) is 3.01. The van der Waals surface area contributed by atoms with Gasteiger partial charge in [0.15, 0.2) is 0 Å². The molecule has 0 spiro atoms. The second-order valence-electron chi connectivity index (χ2n) is 5.41. The number of aromatic nitrogens is 4. The van der Waals surface area contributed by atoms with Crippen molar-refractivity contribution < 1.29 is 0 Å². The Bertz CT molecular complexity index is 768. The van der Waals surface area contributed by atoms with Crippen LogP contribution in [-0.2, 0) is 20.0 Å². The minimum absolute atomic E-state index is 0.0957. The van der Waals surface area contributed by atoms with Crippen molar-refractivity contribution >= 4 is 11.0 Å². The van der Waals surface area contributed by atoms with Crippen molar-refractivity contribution in [3.05, 3.63) is 47.5 Å². The number of hydrogen-bond acceptors (Lipinski definition) is 3. The largest absolute Gasteiger partial charge is 0.331 e. The van der Waals surface area contributed by atoms with Gasteiger partial charge in [0.1, 0.15) is 5.82 Å². The molecule has 0 aliphatic heterocycles. The van der Waals surface area contributed by atoms with E-state index in [1.54, 1.807) is 0 Å². The van der Waals surface area contributed by atoms with Crippen LogP contribution >= 0.6 is 0 Å². The standard InChI is InChI=1S/C16H21N5/c1-4-21-15(9-11(2)19-21)12(17)10-16-18-13-7-5-6-8-14(13)20(16)3/h5-9,12H,4,10,17H2,1-3H3. The second-order valence-corrected chi connectivity index (χ2v) is 5.41. The Balaban J connectivity index is 1.92. The predicted octanol–water partition coefficient (Wildman–Crippen LogP) is 2.34. The maximum atomic E-state index is 6.39. The van der Waals surface area contributed by atoms with Crippen molar-refractivity contribution in [2.75, 3.05) is 0 Å². The third-order valence-corrected chi connectivity index (χ3v) is 3.89. The molecule has 2 N–H and O–H groups in total. The van der Waals surface area contributed by atoms with E-state index < -0.39 is 0 Å². The maximum absolute atomic E-state index is 6.39. The zero-order valence-electron chi connectivity index (χ0n) is 12.7. The lowest BCUT2D eigenvalue weighted by molar-refractivity contribution is 0.555. The highest BCUT2D eigenvalue weighted by atomic mass is 15.3. The van der Waals surface area contributed by atoms with Gasteiger partial charge in [0, 0.05) is 20.0 Å². The molecule has 110 valence electrons. The van der Waals surface area contributed by atoms with Gasteiger partial charge >= 0.3 is 0 Å². The molecule has 21 heavy (non-hydrogen) atoms. The maximum Gasteiger partial charge on any atom is 0.111 e. The van der Waals surface area contributed by atoms with Gasteiger partial charge in [0.2, 0.25) is 0 Å². The van der Waals surface area contributed by atoms with Crippen LogP contribution in [0.25, 0.3) is 11.0 Å². The Hall–Kier alpha value is -2.14. The lowest BCUT2D eigenvalue weighted by atomic mass is 10.1. The number of rotatable bonds is 4. The number of aryl methyl sites for hydroxylation is 3. The summed E-state index contributed by atoms with van der Waals surface area (Å²) < 4.78 is 4.09. The second kappa shape index (κ2) is 5.33. The summed E-state index contributed by atoms with van der Waals surface area (Å²) in [6, 6.07) is 10.1. The molecule has 3 aromatic rings. The number of hydrogen-bond donors (Lipinski definition) is 1. The minimum atomic E-state index is -0.0957. The van der Waals surface area contributed by atoms with E-state index in [1.807, 2.05) is 36.9 Å². The molecule has 2 heterocycles. The quantitative estimate of drug-likeness (QED) is 0.799. The Morgan fingerprint density at radius 3 is 2.76 bits per heavy atom. The molecule has 5 nitrogen and oxygen atoms in total. The molecule has 0 radical (unpaired) electrons. The molecule has 0 aliphatic carbocycles. The molecule has 0 amide bonds. The fourth-order valence-electron chi connectivity index (χ4n) is 2.80. The van der Waals surface area contributed by atoms with Crippen molar-refractivity contribution in [2.24, 2.45) is 12.8 Å². The summed E-state index contributed by atoms with van der Waals surface area (Å²) in [4.78, 5) is 4.69. The first-order valence-corrected chi connectivity index (χ1v) is 7.30. The Morgan fingerprint density at radius 2 is 2.05 bits per heavy atom. The van der Waals surface area contributed by atoms with Crippen molar-refractivity contribution in [1.29, 1.82) is 0 Å². The summed E-state index contributed by atoms with van der Waals surface area (Å²) in [5.74, 6) is 1.00. The summed E-state index contributed by atoms with van der Waals surface area (Å²) in [5, 5.41) is 4.47. The van der Waals surface area contributed by atoms with Crippen molar-refractivity contribution in [1.82, 2.24) is 19.3 Å². The number of imidazole rings is 1. The molecular weight excluding hydrogens is 262 g/mol. The van der Waals surface area contributed by atoms with Crippen LogP contribution in [0.15, 0.2) is 30.3 Å². The van der Waals surface area contributed by atoms with Gasteiger partial charge < -0.3 is 10.3 Å². The van der Waals surface area contributed by atoms with Gasteiger partial charge in [0.25, 0.3) is 0 Å². The van der Waals surface area contributed by atoms with Crippen LogP contribution in [0.5, 0.6) is 0 Å². The van der Waals surface area contributed by atoms with E-state index in [9.17, 15) is 0 Å². The monoisotopic (exact) mass is 283 g/mol. The number of nitrogens with zero attached hydrogens (tertiary/aromatic N) is 4. The molecule has 0 saturated carbocycles. The molecule has 0 bridgehead atoms. The molecule has 1 aromatic carbocycles. The third kappa shape index (κ3) is 2.45. The van der Waals surface area contributed by atoms with Crippen molar-refractivity contribution in [2.45, 2.75) is 32.9 Å². The van der Waals surface area contributed by atoms with Crippen molar-refractivity contribution in [3.63, 3.8) is 0 Å². The Kier molecular flexibility index (Phi) is 3.51. The summed E-state index contributed by atoms with van der Waals surface area (Å²) in [7, 11) is 2.04. The highest BCUT2D eigenvalue weighted by Gasteiger charge is 2.17. The smallest absolute Gasteiger partial charge is 0.111 e. The normalized spacial score (nSPS) is 13.0. The van der Waals surface area contributed by atoms with E-state index in [-0.39, 0.29) is 6.04 Å². The first-order chi connectivity index (χ1) is 10.1. The summed E-state index contributed by atoms with van der Waals surface area (Å²) in [5.41, 5.74) is 10.6. The topological polar surface area (TPSA) is 61.7 Å². The van der Waals surface area contributed by atoms with Crippen LogP contribution in [0, 0.1) is 6.92 Å². The molecule has 0 fully saturated rings. The van der Waals surface area contributed by atoms with Crippen LogP contribution < -0.4 is 5.73 Å². The van der Waals surface area contributed by atoms with Gasteiger partial charge in [-0.15, -0.1) is 0 Å². The highest BCUT2D eigenvalue weighted by Crippen LogP contribution is 2.20. The van der Waals surface area contributed by atoms with E-state index in [0.717, 1.165) is 34.8 Å². The molecule has 0 saturated heterocycles. The van der Waals surface area contributed by atoms with E-state index in [1.165, 1.54) is 0 Å². The lowest BCUT2D eigenvalue weighted by Crippen LogP contribution is -2.19. The van der Waals surface area contributed by atoms with Gasteiger partial charge in [-0.2, -0.15) is 5.10 Å². The summed E-state index contributed by atoms with van der Waals surface area (Å²) in [6.45, 7) is 4.91. The SMILES string of the molecule is CCn1nc(C)cc1C(N)Cc1nc2ccccc2n1C. The van der Waals surface area contributed by atoms with Gasteiger partial charge in [-0.25, -0.2) is 4.98 Å². The van der Waals surface area contributed by atoms with E-state index >= 15 is 0 Å². The van der Waals surface area contributed by atoms with Gasteiger partial charge in [-0.1, -0.05) is 12.1 Å². The highest BCUT2D eigenvalue weighted by molar-refractivity contribution is 5.75. The van der Waals surface area contributed by atoms with Crippen LogP contribution in [0.3, 0.4) is 0 Å². The number of nitrogens with two attached hydrogens (primary N) is 1. The zero-order chi connectivity index (χ0) is 15.0. The molecule has 1 atom stereocenters. The van der Waals surface area contributed by atoms with E-state index in [2.05, 4.69) is 28.7 Å². The predicted molar refractivity (Wildman–Crippen MR) is 84.0 cm³/mol. The molecule has 1 unspecified atom stereocenters. The zero-order valence-corrected chi connectivity index (χ0v) is 12.7. The molecule has 2 aromatic heterocycles. The van der Waals surface area contributed by atoms with Crippen LogP contribution in [-0.4, -0.2) is 19.3 Å². The summed E-state index contributed by atoms with van der Waals surface area (Å²) in [6.07, 6.45) is 0.705. The fourth-order valence-corrected chi connectivity index (χ4v) is 2.80. The van der Waals surface area contributed by atoms with E-state index in [4.69, 9.17) is 10.7 Å².